The van der Waals surface area contributed by atoms with Crippen molar-refractivity contribution in [3.63, 3.8) is 0 Å². The van der Waals surface area contributed by atoms with Gasteiger partial charge in [0.25, 0.3) is 5.91 Å². The van der Waals surface area contributed by atoms with Crippen molar-refractivity contribution in [2.24, 2.45) is 0 Å². The highest BCUT2D eigenvalue weighted by molar-refractivity contribution is 6.05. The Kier molecular flexibility index (Phi) is 3.66. The average Bonchev–Trinajstić information content (AvgIpc) is 2.54. The first-order valence-corrected chi connectivity index (χ1v) is 6.90. The Morgan fingerprint density at radius 3 is 2.86 bits per heavy atom. The standard InChI is InChI=1S/C16H16FN3O/c1-18-13-8-9-20(15-5-3-2-4-12(13)15)16(21)14-7-6-11(17)10-19-14/h2-7,10,13,18H,8-9H2,1H3. The van der Waals surface area contributed by atoms with E-state index in [9.17, 15) is 9.18 Å². The normalized spacial score (nSPS) is 17.4. The average molecular weight is 285 g/mol. The van der Waals surface area contributed by atoms with E-state index in [2.05, 4.69) is 10.3 Å². The Morgan fingerprint density at radius 1 is 1.33 bits per heavy atom. The number of anilines is 1. The molecule has 0 saturated carbocycles. The van der Waals surface area contributed by atoms with Crippen molar-refractivity contribution in [3.8, 4) is 0 Å². The van der Waals surface area contributed by atoms with Gasteiger partial charge >= 0.3 is 0 Å². The molecule has 0 aliphatic carbocycles. The van der Waals surface area contributed by atoms with E-state index in [-0.39, 0.29) is 17.6 Å². The van der Waals surface area contributed by atoms with Crippen LogP contribution >= 0.6 is 0 Å². The topological polar surface area (TPSA) is 45.2 Å². The molecule has 0 radical (unpaired) electrons. The molecule has 3 rings (SSSR count). The molecule has 1 aliphatic rings. The van der Waals surface area contributed by atoms with E-state index in [1.165, 1.54) is 12.1 Å². The van der Waals surface area contributed by atoms with Crippen molar-refractivity contribution in [1.29, 1.82) is 0 Å². The number of rotatable bonds is 2. The Labute approximate surface area is 122 Å². The lowest BCUT2D eigenvalue weighted by Crippen LogP contribution is -2.39. The number of halogens is 1. The maximum absolute atomic E-state index is 12.9. The van der Waals surface area contributed by atoms with Gasteiger partial charge in [0.15, 0.2) is 0 Å². The van der Waals surface area contributed by atoms with Crippen molar-refractivity contribution in [1.82, 2.24) is 10.3 Å². The predicted molar refractivity (Wildman–Crippen MR) is 78.7 cm³/mol. The first kappa shape index (κ1) is 13.7. The van der Waals surface area contributed by atoms with E-state index in [4.69, 9.17) is 0 Å². The first-order valence-electron chi connectivity index (χ1n) is 6.90. The maximum atomic E-state index is 12.9. The number of hydrogen-bond acceptors (Lipinski definition) is 3. The molecular weight excluding hydrogens is 269 g/mol. The molecule has 1 N–H and O–H groups in total. The van der Waals surface area contributed by atoms with Gasteiger partial charge in [0.2, 0.25) is 0 Å². The van der Waals surface area contributed by atoms with Crippen molar-refractivity contribution in [2.45, 2.75) is 12.5 Å². The van der Waals surface area contributed by atoms with Crippen LogP contribution in [-0.4, -0.2) is 24.5 Å². The lowest BCUT2D eigenvalue weighted by atomic mass is 9.96. The van der Waals surface area contributed by atoms with E-state index < -0.39 is 5.82 Å². The number of hydrogen-bond donors (Lipinski definition) is 1. The fourth-order valence-electron chi connectivity index (χ4n) is 2.71. The highest BCUT2D eigenvalue weighted by atomic mass is 19.1. The molecule has 1 aromatic heterocycles. The molecule has 0 bridgehead atoms. The number of benzene rings is 1. The molecule has 1 aromatic carbocycles. The summed E-state index contributed by atoms with van der Waals surface area (Å²) in [5.74, 6) is -0.641. The van der Waals surface area contributed by atoms with Crippen molar-refractivity contribution >= 4 is 11.6 Å². The van der Waals surface area contributed by atoms with Gasteiger partial charge in [-0.1, -0.05) is 18.2 Å². The van der Waals surface area contributed by atoms with E-state index in [1.54, 1.807) is 4.90 Å². The fourth-order valence-corrected chi connectivity index (χ4v) is 2.71. The van der Waals surface area contributed by atoms with Crippen molar-refractivity contribution < 1.29 is 9.18 Å². The lowest BCUT2D eigenvalue weighted by Gasteiger charge is -2.34. The number of aromatic nitrogens is 1. The molecule has 1 amide bonds. The molecule has 1 unspecified atom stereocenters. The number of para-hydroxylation sites is 1. The van der Waals surface area contributed by atoms with E-state index in [1.807, 2.05) is 31.3 Å². The third-order valence-corrected chi connectivity index (χ3v) is 3.78. The number of amides is 1. The van der Waals surface area contributed by atoms with Gasteiger partial charge in [-0.05, 0) is 37.2 Å². The van der Waals surface area contributed by atoms with E-state index in [0.717, 1.165) is 23.9 Å². The van der Waals surface area contributed by atoms with Crippen molar-refractivity contribution in [3.05, 3.63) is 59.7 Å². The third kappa shape index (κ3) is 2.52. The minimum absolute atomic E-state index is 0.197. The zero-order valence-electron chi connectivity index (χ0n) is 11.7. The molecule has 2 aromatic rings. The highest BCUT2D eigenvalue weighted by Crippen LogP contribution is 2.33. The summed E-state index contributed by atoms with van der Waals surface area (Å²) in [6, 6.07) is 10.7. The smallest absolute Gasteiger partial charge is 0.276 e. The quantitative estimate of drug-likeness (QED) is 0.922. The van der Waals surface area contributed by atoms with E-state index in [0.29, 0.717) is 6.54 Å². The van der Waals surface area contributed by atoms with E-state index >= 15 is 0 Å². The van der Waals surface area contributed by atoms with Gasteiger partial charge in [-0.3, -0.25) is 4.79 Å². The number of carbonyl (C=O) groups is 1. The molecule has 0 spiro atoms. The van der Waals surface area contributed by atoms with Gasteiger partial charge in [-0.25, -0.2) is 9.37 Å². The molecule has 108 valence electrons. The molecule has 5 heteroatoms. The summed E-state index contributed by atoms with van der Waals surface area (Å²) in [7, 11) is 1.92. The summed E-state index contributed by atoms with van der Waals surface area (Å²) in [5.41, 5.74) is 2.25. The lowest BCUT2D eigenvalue weighted by molar-refractivity contribution is 0.0979. The van der Waals surface area contributed by atoms with Crippen LogP contribution in [-0.2, 0) is 0 Å². The Bertz CT molecular complexity index is 657. The number of nitrogens with one attached hydrogen (secondary N) is 1. The monoisotopic (exact) mass is 285 g/mol. The van der Waals surface area contributed by atoms with Gasteiger partial charge in [0, 0.05) is 18.3 Å². The summed E-state index contributed by atoms with van der Waals surface area (Å²) in [6.07, 6.45) is 1.90. The third-order valence-electron chi connectivity index (χ3n) is 3.78. The van der Waals surface area contributed by atoms with Crippen molar-refractivity contribution in [2.75, 3.05) is 18.5 Å². The van der Waals surface area contributed by atoms with Crippen LogP contribution in [0.15, 0.2) is 42.6 Å². The number of fused-ring (bicyclic) bond motifs is 1. The zero-order valence-corrected chi connectivity index (χ0v) is 11.7. The van der Waals surface area contributed by atoms with Gasteiger partial charge in [-0.15, -0.1) is 0 Å². The summed E-state index contributed by atoms with van der Waals surface area (Å²) in [6.45, 7) is 0.612. The van der Waals surface area contributed by atoms with Crippen LogP contribution < -0.4 is 10.2 Å². The minimum Gasteiger partial charge on any atom is -0.313 e. The summed E-state index contributed by atoms with van der Waals surface area (Å²) in [4.78, 5) is 18.2. The van der Waals surface area contributed by atoms with Crippen LogP contribution in [0.3, 0.4) is 0 Å². The molecule has 1 atom stereocenters. The molecule has 21 heavy (non-hydrogen) atoms. The van der Waals surface area contributed by atoms with Crippen LogP contribution in [0, 0.1) is 5.82 Å². The predicted octanol–water partition coefficient (Wildman–Crippen LogP) is 2.53. The second-order valence-corrected chi connectivity index (χ2v) is 5.01. The Hall–Kier alpha value is -2.27. The highest BCUT2D eigenvalue weighted by Gasteiger charge is 2.28. The largest absolute Gasteiger partial charge is 0.313 e. The number of nitrogens with zero attached hydrogens (tertiary/aromatic N) is 2. The molecule has 0 fully saturated rings. The van der Waals surface area contributed by atoms with Gasteiger partial charge in [0.1, 0.15) is 11.5 Å². The fraction of sp³-hybridized carbons (Fsp3) is 0.250. The maximum Gasteiger partial charge on any atom is 0.276 e. The molecule has 0 saturated heterocycles. The van der Waals surface area contributed by atoms with Crippen LogP contribution in [0.1, 0.15) is 28.5 Å². The minimum atomic E-state index is -0.444. The van der Waals surface area contributed by atoms with Crippen LogP contribution in [0.5, 0.6) is 0 Å². The first-order chi connectivity index (χ1) is 10.2. The second kappa shape index (κ2) is 5.61. The number of carbonyl (C=O) groups excluding carboxylic acids is 1. The Balaban J connectivity index is 1.96. The van der Waals surface area contributed by atoms with Gasteiger partial charge in [-0.2, -0.15) is 0 Å². The Morgan fingerprint density at radius 2 is 2.14 bits per heavy atom. The van der Waals surface area contributed by atoms with Crippen LogP contribution in [0.2, 0.25) is 0 Å². The van der Waals surface area contributed by atoms with Gasteiger partial charge < -0.3 is 10.2 Å². The summed E-state index contributed by atoms with van der Waals surface area (Å²) >= 11 is 0. The van der Waals surface area contributed by atoms with Crippen LogP contribution in [0.25, 0.3) is 0 Å². The second-order valence-electron chi connectivity index (χ2n) is 5.01. The summed E-state index contributed by atoms with van der Waals surface area (Å²) in [5, 5.41) is 3.26. The molecule has 4 nitrogen and oxygen atoms in total. The summed E-state index contributed by atoms with van der Waals surface area (Å²) < 4.78 is 12.9. The van der Waals surface area contributed by atoms with Crippen LogP contribution in [0.4, 0.5) is 10.1 Å². The SMILES string of the molecule is CNC1CCN(C(=O)c2ccc(F)cn2)c2ccccc21. The zero-order chi connectivity index (χ0) is 14.8. The van der Waals surface area contributed by atoms with Gasteiger partial charge in [0.05, 0.1) is 6.20 Å². The number of pyridine rings is 1. The molecular formula is C16H16FN3O. The molecule has 2 heterocycles. The molecule has 1 aliphatic heterocycles.